The van der Waals surface area contributed by atoms with E-state index in [9.17, 15) is 9.59 Å². The monoisotopic (exact) mass is 450 g/mol. The number of para-hydroxylation sites is 2. The Hall–Kier alpha value is -3.22. The quantitative estimate of drug-likeness (QED) is 0.751. The smallest absolute Gasteiger partial charge is 0.324 e. The van der Waals surface area contributed by atoms with Gasteiger partial charge in [0.25, 0.3) is 0 Å². The lowest BCUT2D eigenvalue weighted by atomic mass is 9.96. The fraction of sp³-hybridized carbons (Fsp3) is 0.462. The summed E-state index contributed by atoms with van der Waals surface area (Å²) in [6.45, 7) is 4.32. The van der Waals surface area contributed by atoms with Gasteiger partial charge in [0.15, 0.2) is 0 Å². The maximum atomic E-state index is 13.3. The standard InChI is InChI=1S/C26H34N4O3/c1-4-22-18-30(23-7-5-6-8-24(23)33-22)26(32)29-15-13-20(14-16-29)25(31)27-17-19-9-11-21(12-10-19)28(2)3/h5-12,20,22H,4,13-18H2,1-3H3,(H,27,31)/t22-/m0/s1. The number of piperidine rings is 1. The van der Waals surface area contributed by atoms with Gasteiger partial charge in [-0.15, -0.1) is 0 Å². The topological polar surface area (TPSA) is 65.1 Å². The average molecular weight is 451 g/mol. The first kappa shape index (κ1) is 23.0. The molecule has 2 aromatic carbocycles. The summed E-state index contributed by atoms with van der Waals surface area (Å²) in [5, 5.41) is 3.07. The highest BCUT2D eigenvalue weighted by Crippen LogP contribution is 2.35. The number of amides is 3. The molecule has 2 aromatic rings. The second-order valence-corrected chi connectivity index (χ2v) is 9.05. The van der Waals surface area contributed by atoms with Crippen LogP contribution in [0.3, 0.4) is 0 Å². The van der Waals surface area contributed by atoms with Crippen molar-refractivity contribution in [3.05, 3.63) is 54.1 Å². The fourth-order valence-electron chi connectivity index (χ4n) is 4.44. The minimum Gasteiger partial charge on any atom is -0.486 e. The van der Waals surface area contributed by atoms with Gasteiger partial charge in [-0.05, 0) is 49.1 Å². The molecule has 7 heteroatoms. The molecule has 0 radical (unpaired) electrons. The second kappa shape index (κ2) is 10.1. The van der Waals surface area contributed by atoms with Crippen LogP contribution in [0.2, 0.25) is 0 Å². The van der Waals surface area contributed by atoms with Crippen molar-refractivity contribution >= 4 is 23.3 Å². The Balaban J connectivity index is 1.30. The first-order chi connectivity index (χ1) is 16.0. The van der Waals surface area contributed by atoms with E-state index in [1.807, 2.05) is 60.3 Å². The molecule has 2 heterocycles. The van der Waals surface area contributed by atoms with Crippen LogP contribution in [0.4, 0.5) is 16.2 Å². The Morgan fingerprint density at radius 3 is 2.42 bits per heavy atom. The highest BCUT2D eigenvalue weighted by Gasteiger charge is 2.34. The van der Waals surface area contributed by atoms with Gasteiger partial charge in [-0.25, -0.2) is 4.79 Å². The van der Waals surface area contributed by atoms with Gasteiger partial charge in [0.1, 0.15) is 11.9 Å². The molecule has 33 heavy (non-hydrogen) atoms. The zero-order valence-corrected chi connectivity index (χ0v) is 19.8. The summed E-state index contributed by atoms with van der Waals surface area (Å²) < 4.78 is 6.01. The first-order valence-corrected chi connectivity index (χ1v) is 11.8. The van der Waals surface area contributed by atoms with E-state index in [2.05, 4.69) is 29.3 Å². The van der Waals surface area contributed by atoms with Crippen LogP contribution in [-0.4, -0.2) is 56.7 Å². The molecule has 3 amide bonds. The van der Waals surface area contributed by atoms with E-state index < -0.39 is 0 Å². The van der Waals surface area contributed by atoms with Crippen molar-refractivity contribution in [3.8, 4) is 5.75 Å². The molecule has 1 atom stereocenters. The van der Waals surface area contributed by atoms with Crippen molar-refractivity contribution in [1.82, 2.24) is 10.2 Å². The van der Waals surface area contributed by atoms with E-state index in [-0.39, 0.29) is 24.0 Å². The van der Waals surface area contributed by atoms with E-state index >= 15 is 0 Å². The lowest BCUT2D eigenvalue weighted by molar-refractivity contribution is -0.126. The van der Waals surface area contributed by atoms with Gasteiger partial charge in [0.2, 0.25) is 5.91 Å². The summed E-state index contributed by atoms with van der Waals surface area (Å²) in [5.41, 5.74) is 3.04. The molecule has 0 bridgehead atoms. The molecular formula is C26H34N4O3. The van der Waals surface area contributed by atoms with Gasteiger partial charge in [-0.1, -0.05) is 31.2 Å². The Bertz CT molecular complexity index is 968. The molecular weight excluding hydrogens is 416 g/mol. The van der Waals surface area contributed by atoms with Crippen LogP contribution in [0, 0.1) is 5.92 Å². The number of hydrogen-bond donors (Lipinski definition) is 1. The predicted octanol–water partition coefficient (Wildman–Crippen LogP) is 3.88. The van der Waals surface area contributed by atoms with E-state index in [1.54, 1.807) is 0 Å². The van der Waals surface area contributed by atoms with Crippen molar-refractivity contribution in [2.45, 2.75) is 38.8 Å². The summed E-state index contributed by atoms with van der Waals surface area (Å²) >= 11 is 0. The van der Waals surface area contributed by atoms with Crippen molar-refractivity contribution in [1.29, 1.82) is 0 Å². The van der Waals surface area contributed by atoms with E-state index in [0.29, 0.717) is 39.0 Å². The number of anilines is 2. The number of hydrogen-bond acceptors (Lipinski definition) is 4. The number of rotatable bonds is 5. The SMILES string of the molecule is CC[C@H]1CN(C(=O)N2CCC(C(=O)NCc3ccc(N(C)C)cc3)CC2)c2ccccc2O1. The number of urea groups is 1. The van der Waals surface area contributed by atoms with Crippen LogP contribution < -0.4 is 19.9 Å². The molecule has 1 fully saturated rings. The minimum absolute atomic E-state index is 0.000965. The van der Waals surface area contributed by atoms with Gasteiger partial charge >= 0.3 is 6.03 Å². The number of likely N-dealkylation sites (tertiary alicyclic amines) is 1. The van der Waals surface area contributed by atoms with Crippen molar-refractivity contribution < 1.29 is 14.3 Å². The Morgan fingerprint density at radius 1 is 1.06 bits per heavy atom. The zero-order valence-electron chi connectivity index (χ0n) is 19.8. The number of nitrogens with zero attached hydrogens (tertiary/aromatic N) is 3. The Labute approximate surface area is 196 Å². The number of carbonyl (C=O) groups excluding carboxylic acids is 2. The molecule has 4 rings (SSSR count). The lowest BCUT2D eigenvalue weighted by Gasteiger charge is -2.39. The predicted molar refractivity (Wildman–Crippen MR) is 131 cm³/mol. The van der Waals surface area contributed by atoms with Crippen LogP contribution in [0.1, 0.15) is 31.7 Å². The molecule has 1 saturated heterocycles. The lowest BCUT2D eigenvalue weighted by Crippen LogP contribution is -2.52. The molecule has 0 aliphatic carbocycles. The van der Waals surface area contributed by atoms with E-state index in [1.165, 1.54) is 0 Å². The van der Waals surface area contributed by atoms with Crippen LogP contribution in [0.5, 0.6) is 5.75 Å². The minimum atomic E-state index is -0.0598. The number of fused-ring (bicyclic) bond motifs is 1. The highest BCUT2D eigenvalue weighted by molar-refractivity contribution is 5.94. The third kappa shape index (κ3) is 5.24. The maximum Gasteiger partial charge on any atom is 0.324 e. The summed E-state index contributed by atoms with van der Waals surface area (Å²) in [7, 11) is 4.02. The molecule has 2 aliphatic heterocycles. The zero-order chi connectivity index (χ0) is 23.4. The Kier molecular flexibility index (Phi) is 7.06. The fourth-order valence-corrected chi connectivity index (χ4v) is 4.44. The Morgan fingerprint density at radius 2 is 1.76 bits per heavy atom. The van der Waals surface area contributed by atoms with Crippen molar-refractivity contribution in [2.75, 3.05) is 43.5 Å². The molecule has 0 saturated carbocycles. The van der Waals surface area contributed by atoms with Crippen LogP contribution in [-0.2, 0) is 11.3 Å². The van der Waals surface area contributed by atoms with Crippen LogP contribution >= 0.6 is 0 Å². The van der Waals surface area contributed by atoms with Gasteiger partial charge in [-0.2, -0.15) is 0 Å². The van der Waals surface area contributed by atoms with Crippen LogP contribution in [0.15, 0.2) is 48.5 Å². The third-order valence-corrected chi connectivity index (χ3v) is 6.58. The average Bonchev–Trinajstić information content (AvgIpc) is 2.86. The largest absolute Gasteiger partial charge is 0.486 e. The maximum absolute atomic E-state index is 13.3. The molecule has 0 aromatic heterocycles. The molecule has 2 aliphatic rings. The number of carbonyl (C=O) groups is 2. The first-order valence-electron chi connectivity index (χ1n) is 11.8. The molecule has 0 spiro atoms. The summed E-state index contributed by atoms with van der Waals surface area (Å²) in [5.74, 6) is 0.772. The van der Waals surface area contributed by atoms with Crippen LogP contribution in [0.25, 0.3) is 0 Å². The molecule has 7 nitrogen and oxygen atoms in total. The summed E-state index contributed by atoms with van der Waals surface area (Å²) in [6, 6.07) is 15.9. The van der Waals surface area contributed by atoms with E-state index in [0.717, 1.165) is 29.1 Å². The summed E-state index contributed by atoms with van der Waals surface area (Å²) in [6.07, 6.45) is 2.21. The van der Waals surface area contributed by atoms with E-state index in [4.69, 9.17) is 4.74 Å². The highest BCUT2D eigenvalue weighted by atomic mass is 16.5. The summed E-state index contributed by atoms with van der Waals surface area (Å²) in [4.78, 5) is 31.8. The number of benzene rings is 2. The normalized spacial score (nSPS) is 18.3. The van der Waals surface area contributed by atoms with Crippen molar-refractivity contribution in [3.63, 3.8) is 0 Å². The van der Waals surface area contributed by atoms with Gasteiger partial charge in [-0.3, -0.25) is 9.69 Å². The second-order valence-electron chi connectivity index (χ2n) is 9.05. The van der Waals surface area contributed by atoms with Crippen molar-refractivity contribution in [2.24, 2.45) is 5.92 Å². The third-order valence-electron chi connectivity index (χ3n) is 6.58. The molecule has 176 valence electrons. The number of nitrogens with one attached hydrogen (secondary N) is 1. The molecule has 1 N–H and O–H groups in total. The number of ether oxygens (including phenoxy) is 1. The van der Waals surface area contributed by atoms with Gasteiger partial charge in [0.05, 0.1) is 12.2 Å². The molecule has 0 unspecified atom stereocenters. The van der Waals surface area contributed by atoms with Gasteiger partial charge < -0.3 is 19.9 Å². The van der Waals surface area contributed by atoms with Gasteiger partial charge in [0, 0.05) is 45.3 Å².